The molecule has 1 aliphatic carbocycles. The maximum atomic E-state index is 9.22. The van der Waals surface area contributed by atoms with Crippen LogP contribution in [0.15, 0.2) is 23.8 Å². The van der Waals surface area contributed by atoms with Crippen LogP contribution in [0.2, 0.25) is 0 Å². The minimum absolute atomic E-state index is 0.177. The molecule has 0 amide bonds. The molecule has 1 saturated carbocycles. The van der Waals surface area contributed by atoms with Gasteiger partial charge in [-0.25, -0.2) is 9.97 Å². The molecule has 1 N–H and O–H groups in total. The third-order valence-corrected chi connectivity index (χ3v) is 8.27. The maximum absolute atomic E-state index is 9.22. The van der Waals surface area contributed by atoms with Crippen molar-refractivity contribution in [1.29, 1.82) is 5.41 Å². The smallest absolute Gasteiger partial charge is 0.159 e. The van der Waals surface area contributed by atoms with E-state index in [1.54, 1.807) is 0 Å². The van der Waals surface area contributed by atoms with Crippen molar-refractivity contribution in [2.24, 2.45) is 5.92 Å². The molecular weight excluding hydrogens is 446 g/mol. The van der Waals surface area contributed by atoms with Crippen LogP contribution in [0.1, 0.15) is 64.6 Å². The number of allylic oxidation sites excluding steroid dienone is 3. The highest BCUT2D eigenvalue weighted by Crippen LogP contribution is 2.34. The molecule has 3 fully saturated rings. The molecule has 3 aliphatic rings. The number of nitrogens with zero attached hydrogens (tertiary/aromatic N) is 6. The van der Waals surface area contributed by atoms with Crippen LogP contribution in [0.4, 0.5) is 11.6 Å². The van der Waals surface area contributed by atoms with Gasteiger partial charge in [0.15, 0.2) is 5.82 Å². The van der Waals surface area contributed by atoms with E-state index in [1.165, 1.54) is 18.4 Å². The summed E-state index contributed by atoms with van der Waals surface area (Å²) in [7, 11) is 4.40. The fourth-order valence-electron chi connectivity index (χ4n) is 5.77. The zero-order chi connectivity index (χ0) is 25.7. The van der Waals surface area contributed by atoms with Gasteiger partial charge in [0.25, 0.3) is 0 Å². The summed E-state index contributed by atoms with van der Waals surface area (Å²) in [5.41, 5.74) is 4.19. The van der Waals surface area contributed by atoms with Crippen LogP contribution in [0.5, 0.6) is 0 Å². The average molecular weight is 494 g/mol. The van der Waals surface area contributed by atoms with Crippen LogP contribution in [0, 0.1) is 11.3 Å². The molecule has 0 radical (unpaired) electrons. The number of hydrogen-bond donors (Lipinski definition) is 1. The first-order valence-electron chi connectivity index (χ1n) is 14.1. The molecule has 4 rings (SSSR count). The van der Waals surface area contributed by atoms with Crippen molar-refractivity contribution in [2.45, 2.75) is 58.8 Å². The molecule has 7 nitrogen and oxygen atoms in total. The minimum Gasteiger partial charge on any atom is -0.355 e. The highest BCUT2D eigenvalue weighted by atomic mass is 15.3. The second-order valence-corrected chi connectivity index (χ2v) is 11.1. The summed E-state index contributed by atoms with van der Waals surface area (Å²) >= 11 is 0. The van der Waals surface area contributed by atoms with Gasteiger partial charge in [0, 0.05) is 63.5 Å². The first-order valence-corrected chi connectivity index (χ1v) is 14.1. The summed E-state index contributed by atoms with van der Waals surface area (Å²) in [6, 6.07) is 2.21. The van der Waals surface area contributed by atoms with E-state index in [9.17, 15) is 5.41 Å². The van der Waals surface area contributed by atoms with Crippen molar-refractivity contribution in [2.75, 3.05) is 76.3 Å². The number of likely N-dealkylation sites (N-methyl/N-ethyl adjacent to an activating group) is 2. The Kier molecular flexibility index (Phi) is 9.18. The van der Waals surface area contributed by atoms with Gasteiger partial charge in [-0.3, -0.25) is 0 Å². The fraction of sp³-hybridized carbons (Fsp3) is 0.690. The zero-order valence-corrected chi connectivity index (χ0v) is 23.2. The quantitative estimate of drug-likeness (QED) is 0.438. The second kappa shape index (κ2) is 12.3. The van der Waals surface area contributed by atoms with Gasteiger partial charge >= 0.3 is 0 Å². The van der Waals surface area contributed by atoms with Crippen molar-refractivity contribution in [3.05, 3.63) is 29.6 Å². The SMILES string of the molecule is C=C1CCCC[C@@H]1C(=N)/C(CCC)=C(\C)c1nc(N2CCCN(C)CC2)cc(N2CCN(C)CC2)n1. The number of rotatable bonds is 7. The summed E-state index contributed by atoms with van der Waals surface area (Å²) < 4.78 is 0. The number of anilines is 2. The fourth-order valence-corrected chi connectivity index (χ4v) is 5.77. The Morgan fingerprint density at radius 1 is 0.917 bits per heavy atom. The van der Waals surface area contributed by atoms with Gasteiger partial charge in [-0.05, 0) is 70.8 Å². The number of aromatic nitrogens is 2. The molecule has 0 bridgehead atoms. The molecular formula is C29H47N7. The third kappa shape index (κ3) is 6.35. The Labute approximate surface area is 218 Å². The van der Waals surface area contributed by atoms with Gasteiger partial charge in [-0.1, -0.05) is 31.9 Å². The van der Waals surface area contributed by atoms with Crippen LogP contribution in [0.25, 0.3) is 5.57 Å². The summed E-state index contributed by atoms with van der Waals surface area (Å²) in [6.45, 7) is 16.9. The Morgan fingerprint density at radius 2 is 1.53 bits per heavy atom. The van der Waals surface area contributed by atoms with E-state index in [0.717, 1.165) is 119 Å². The average Bonchev–Trinajstić information content (AvgIpc) is 3.11. The molecule has 7 heteroatoms. The molecule has 1 aromatic rings. The second-order valence-electron chi connectivity index (χ2n) is 11.1. The molecule has 2 saturated heterocycles. The van der Waals surface area contributed by atoms with Crippen molar-refractivity contribution in [1.82, 2.24) is 19.8 Å². The van der Waals surface area contributed by atoms with Gasteiger partial charge in [0.2, 0.25) is 0 Å². The standard InChI is InChI=1S/C29H47N7/c1-6-10-25(28(30)24-12-8-7-11-22(24)2)23(3)29-31-26(35-14-9-13-33(4)15-18-35)21-27(32-29)36-19-16-34(5)17-20-36/h21,24,30H,2,6-20H2,1,3-5H3/b25-23+,30-28?/t24-/m0/s1. The number of hydrogen-bond acceptors (Lipinski definition) is 7. The Balaban J connectivity index is 1.73. The van der Waals surface area contributed by atoms with Crippen LogP contribution in [-0.4, -0.2) is 91.9 Å². The Hall–Kier alpha value is -2.25. The van der Waals surface area contributed by atoms with Gasteiger partial charge < -0.3 is 25.0 Å². The van der Waals surface area contributed by atoms with E-state index >= 15 is 0 Å². The van der Waals surface area contributed by atoms with Gasteiger partial charge in [0.05, 0.1) is 0 Å². The summed E-state index contributed by atoms with van der Waals surface area (Å²) in [5.74, 6) is 3.04. The highest BCUT2D eigenvalue weighted by Gasteiger charge is 2.27. The monoisotopic (exact) mass is 493 g/mol. The molecule has 3 heterocycles. The number of piperazine rings is 1. The maximum Gasteiger partial charge on any atom is 0.159 e. The van der Waals surface area contributed by atoms with Crippen molar-refractivity contribution in [3.8, 4) is 0 Å². The van der Waals surface area contributed by atoms with Crippen LogP contribution in [0.3, 0.4) is 0 Å². The minimum atomic E-state index is 0.177. The molecule has 0 unspecified atom stereocenters. The third-order valence-electron chi connectivity index (χ3n) is 8.27. The van der Waals surface area contributed by atoms with Gasteiger partial charge in [-0.15, -0.1) is 0 Å². The number of nitrogens with one attached hydrogen (secondary N) is 1. The summed E-state index contributed by atoms with van der Waals surface area (Å²) in [5, 5.41) is 9.22. The van der Waals surface area contributed by atoms with E-state index < -0.39 is 0 Å². The van der Waals surface area contributed by atoms with Crippen LogP contribution in [-0.2, 0) is 0 Å². The van der Waals surface area contributed by atoms with Crippen LogP contribution < -0.4 is 9.80 Å². The van der Waals surface area contributed by atoms with Gasteiger partial charge in [0.1, 0.15) is 11.6 Å². The molecule has 198 valence electrons. The topological polar surface area (TPSA) is 62.6 Å². The first kappa shape index (κ1) is 26.8. The molecule has 1 aromatic heterocycles. The van der Waals surface area contributed by atoms with Crippen molar-refractivity contribution < 1.29 is 0 Å². The molecule has 2 aliphatic heterocycles. The van der Waals surface area contributed by atoms with E-state index in [0.29, 0.717) is 0 Å². The van der Waals surface area contributed by atoms with Crippen molar-refractivity contribution >= 4 is 22.9 Å². The van der Waals surface area contributed by atoms with Gasteiger partial charge in [-0.2, -0.15) is 0 Å². The van der Waals surface area contributed by atoms with Crippen LogP contribution >= 0.6 is 0 Å². The largest absolute Gasteiger partial charge is 0.355 e. The van der Waals surface area contributed by atoms with E-state index in [2.05, 4.69) is 60.2 Å². The first-order chi connectivity index (χ1) is 17.4. The lowest BCUT2D eigenvalue weighted by atomic mass is 9.78. The van der Waals surface area contributed by atoms with E-state index in [1.807, 2.05) is 0 Å². The molecule has 1 atom stereocenters. The lowest BCUT2D eigenvalue weighted by Crippen LogP contribution is -2.45. The summed E-state index contributed by atoms with van der Waals surface area (Å²) in [4.78, 5) is 20.0. The Bertz CT molecular complexity index is 960. The lowest BCUT2D eigenvalue weighted by Gasteiger charge is -2.34. The molecule has 36 heavy (non-hydrogen) atoms. The predicted molar refractivity (Wildman–Crippen MR) is 152 cm³/mol. The zero-order valence-electron chi connectivity index (χ0n) is 23.2. The van der Waals surface area contributed by atoms with E-state index in [4.69, 9.17) is 9.97 Å². The highest BCUT2D eigenvalue weighted by molar-refractivity contribution is 6.06. The van der Waals surface area contributed by atoms with Crippen molar-refractivity contribution in [3.63, 3.8) is 0 Å². The molecule has 0 aromatic carbocycles. The summed E-state index contributed by atoms with van der Waals surface area (Å²) in [6.07, 6.45) is 7.54. The normalized spacial score (nSPS) is 23.4. The Morgan fingerprint density at radius 3 is 2.14 bits per heavy atom. The lowest BCUT2D eigenvalue weighted by molar-refractivity contribution is 0.312. The molecule has 0 spiro atoms. The van der Waals surface area contributed by atoms with E-state index in [-0.39, 0.29) is 5.92 Å². The predicted octanol–water partition coefficient (Wildman–Crippen LogP) is 4.71.